The molecule has 0 aromatic rings. The minimum absolute atomic E-state index is 0. The zero-order chi connectivity index (χ0) is 10.7. The molecule has 0 unspecified atom stereocenters. The molecule has 0 N–H and O–H groups in total. The van der Waals surface area contributed by atoms with Crippen molar-refractivity contribution >= 4 is 0 Å². The van der Waals surface area contributed by atoms with E-state index in [4.69, 9.17) is 0 Å². The van der Waals surface area contributed by atoms with E-state index >= 15 is 0 Å². The summed E-state index contributed by atoms with van der Waals surface area (Å²) in [5.74, 6) is 0. The van der Waals surface area contributed by atoms with E-state index in [0.29, 0.717) is 0 Å². The minimum Gasteiger partial charge on any atom is -0.385 e. The van der Waals surface area contributed by atoms with Crippen LogP contribution in [0, 0.1) is 20.0 Å². The van der Waals surface area contributed by atoms with Crippen molar-refractivity contribution in [2.75, 3.05) is 0 Å². The van der Waals surface area contributed by atoms with Gasteiger partial charge in [0.25, 0.3) is 0 Å². The normalized spacial score (nSPS) is 8.31. The van der Waals surface area contributed by atoms with Gasteiger partial charge in [-0.1, -0.05) is 0 Å². The Morgan fingerprint density at radius 3 is 0.385 bits per heavy atom. The zero-order valence-electron chi connectivity index (χ0n) is 5.20. The van der Waals surface area contributed by atoms with Crippen molar-refractivity contribution in [1.82, 2.24) is 0 Å². The fourth-order valence-corrected chi connectivity index (χ4v) is 0. The van der Waals surface area contributed by atoms with Gasteiger partial charge in [0, 0.05) is 17.1 Å². The third kappa shape index (κ3) is 95200. The van der Waals surface area contributed by atoms with Crippen molar-refractivity contribution in [3.05, 3.63) is 20.0 Å². The van der Waals surface area contributed by atoms with Crippen molar-refractivity contribution < 1.29 is 56.6 Å². The van der Waals surface area contributed by atoms with Gasteiger partial charge in [0.1, 0.15) is 0 Å². The van der Waals surface area contributed by atoms with Gasteiger partial charge >= 0.3 is 0 Å². The van der Waals surface area contributed by atoms with Crippen LogP contribution < -0.4 is 0 Å². The van der Waals surface area contributed by atoms with Crippen LogP contribution in [-0.4, -0.2) is 0 Å². The van der Waals surface area contributed by atoms with Crippen LogP contribution in [0.1, 0.15) is 0 Å². The van der Waals surface area contributed by atoms with E-state index in [1.54, 1.807) is 0 Å². The predicted molar refractivity (Wildman–Crippen MR) is 19.7 cm³/mol. The Labute approximate surface area is 77.6 Å². The van der Waals surface area contributed by atoms with E-state index in [9.17, 15) is 39.5 Å². The molecule has 0 rings (SSSR count). The van der Waals surface area contributed by atoms with Crippen LogP contribution in [0.25, 0.3) is 0 Å². The summed E-state index contributed by atoms with van der Waals surface area (Å²) < 4.78 is 86.2. The average Bonchev–Trinajstić information content (AvgIpc) is 1.54. The molecule has 0 aromatic carbocycles. The van der Waals surface area contributed by atoms with E-state index in [0.717, 1.165) is 0 Å². The maximum atomic E-state index is 9.58. The van der Waals surface area contributed by atoms with Crippen LogP contribution in [0.15, 0.2) is 0 Å². The summed E-state index contributed by atoms with van der Waals surface area (Å²) in [6.45, 7) is -9.25. The Morgan fingerprint density at radius 2 is 0.385 bits per heavy atom. The molecule has 0 fully saturated rings. The topological polar surface area (TPSA) is 0 Å². The van der Waals surface area contributed by atoms with E-state index in [1.807, 2.05) is 0 Å². The van der Waals surface area contributed by atoms with Gasteiger partial charge in [-0.15, -0.1) is 0 Å². The Hall–Kier alpha value is -0.111. The van der Waals surface area contributed by atoms with E-state index < -0.39 is 20.0 Å². The molecule has 10 heteroatoms. The minimum atomic E-state index is -3.08. The molecule has 0 spiro atoms. The molecular formula is C3CuF9-3. The van der Waals surface area contributed by atoms with Crippen LogP contribution in [0.2, 0.25) is 0 Å². The fraction of sp³-hybridized carbons (Fsp3) is 0. The molecule has 1 radical (unpaired) electrons. The fourth-order valence-electron chi connectivity index (χ4n) is 0. The third-order valence-electron chi connectivity index (χ3n) is 0. The number of hydrogen-bond acceptors (Lipinski definition) is 0. The zero-order valence-corrected chi connectivity index (χ0v) is 6.14. The van der Waals surface area contributed by atoms with Crippen molar-refractivity contribution in [3.8, 4) is 0 Å². The summed E-state index contributed by atoms with van der Waals surface area (Å²) in [4.78, 5) is 0. The number of halogens is 9. The summed E-state index contributed by atoms with van der Waals surface area (Å²) in [6.07, 6.45) is 0. The Balaban J connectivity index is -0.0000000450. The van der Waals surface area contributed by atoms with Crippen LogP contribution in [0.3, 0.4) is 0 Å². The molecule has 0 nitrogen and oxygen atoms in total. The van der Waals surface area contributed by atoms with Gasteiger partial charge in [0.15, 0.2) is 20.0 Å². The second kappa shape index (κ2) is 17.8. The van der Waals surface area contributed by atoms with Gasteiger partial charge in [-0.2, -0.15) is 0 Å². The van der Waals surface area contributed by atoms with Gasteiger partial charge in [0.05, 0.1) is 0 Å². The van der Waals surface area contributed by atoms with Crippen LogP contribution in [0.4, 0.5) is 39.5 Å². The third-order valence-corrected chi connectivity index (χ3v) is 0. The molecule has 0 bridgehead atoms. The van der Waals surface area contributed by atoms with Crippen LogP contribution in [-0.2, 0) is 17.1 Å². The molecule has 0 amide bonds. The molecule has 13 heavy (non-hydrogen) atoms. The first-order valence-electron chi connectivity index (χ1n) is 1.70. The SMILES string of the molecule is F[C-](F)F.F[C-](F)F.F[C-](F)F.[Cu]. The van der Waals surface area contributed by atoms with Gasteiger partial charge < -0.3 is 39.5 Å². The van der Waals surface area contributed by atoms with Crippen molar-refractivity contribution in [2.45, 2.75) is 0 Å². The Kier molecular flexibility index (Phi) is 31.6. The molecule has 0 aliphatic rings. The smallest absolute Gasteiger partial charge is 0.154 e. The number of hydrogen-bond donors (Lipinski definition) is 0. The van der Waals surface area contributed by atoms with Gasteiger partial charge in [-0.25, -0.2) is 0 Å². The van der Waals surface area contributed by atoms with Crippen molar-refractivity contribution in [2.24, 2.45) is 0 Å². The predicted octanol–water partition coefficient (Wildman–Crippen LogP) is 4.02. The largest absolute Gasteiger partial charge is 0.385 e. The maximum Gasteiger partial charge on any atom is 0.154 e. The standard InChI is InChI=1S/3CF3.Cu/c3*2-1(3)4;/q3*-1;. The summed E-state index contributed by atoms with van der Waals surface area (Å²) in [7, 11) is 0. The van der Waals surface area contributed by atoms with E-state index in [2.05, 4.69) is 0 Å². The first-order chi connectivity index (χ1) is 5.20. The number of rotatable bonds is 0. The molecular weight excluding hydrogens is 271 g/mol. The van der Waals surface area contributed by atoms with Gasteiger partial charge in [-0.05, 0) is 0 Å². The van der Waals surface area contributed by atoms with E-state index in [-0.39, 0.29) is 17.1 Å². The van der Waals surface area contributed by atoms with Crippen molar-refractivity contribution in [3.63, 3.8) is 0 Å². The first-order valence-corrected chi connectivity index (χ1v) is 1.70. The van der Waals surface area contributed by atoms with E-state index in [1.165, 1.54) is 0 Å². The molecule has 0 aromatic heterocycles. The monoisotopic (exact) mass is 270 g/mol. The second-order valence-electron chi connectivity index (χ2n) is 0.643. The Bertz CT molecular complexity index is 43.4. The quantitative estimate of drug-likeness (QED) is 0.354. The summed E-state index contributed by atoms with van der Waals surface area (Å²) in [5.41, 5.74) is 0. The van der Waals surface area contributed by atoms with Gasteiger partial charge in [0.2, 0.25) is 0 Å². The molecule has 0 aliphatic heterocycles. The van der Waals surface area contributed by atoms with Crippen molar-refractivity contribution in [1.29, 1.82) is 0 Å². The second-order valence-corrected chi connectivity index (χ2v) is 0.643. The summed E-state index contributed by atoms with van der Waals surface area (Å²) in [6, 6.07) is 0. The summed E-state index contributed by atoms with van der Waals surface area (Å²) >= 11 is 0. The van der Waals surface area contributed by atoms with Gasteiger partial charge in [-0.3, -0.25) is 0 Å². The summed E-state index contributed by atoms with van der Waals surface area (Å²) in [5, 5.41) is 0. The molecule has 0 saturated carbocycles. The first kappa shape index (κ1) is 23.1. The molecule has 89 valence electrons. The molecule has 0 heterocycles. The molecule has 0 aliphatic carbocycles. The van der Waals surface area contributed by atoms with Crippen LogP contribution >= 0.6 is 0 Å². The average molecular weight is 271 g/mol. The Morgan fingerprint density at radius 1 is 0.385 bits per heavy atom. The molecule has 0 atom stereocenters. The van der Waals surface area contributed by atoms with Crippen LogP contribution in [0.5, 0.6) is 0 Å². The maximum absolute atomic E-state index is 9.58. The molecule has 0 saturated heterocycles.